The van der Waals surface area contributed by atoms with Gasteiger partial charge < -0.3 is 15.4 Å². The Labute approximate surface area is 130 Å². The van der Waals surface area contributed by atoms with E-state index in [9.17, 15) is 0 Å². The van der Waals surface area contributed by atoms with Crippen molar-refractivity contribution in [1.82, 2.24) is 9.97 Å². The maximum Gasteiger partial charge on any atom is 0.226 e. The zero-order valence-corrected chi connectivity index (χ0v) is 13.8. The van der Waals surface area contributed by atoms with Crippen molar-refractivity contribution in [2.24, 2.45) is 0 Å². The van der Waals surface area contributed by atoms with Gasteiger partial charge in [-0.25, -0.2) is 4.98 Å². The van der Waals surface area contributed by atoms with Crippen LogP contribution in [0.15, 0.2) is 6.07 Å². The maximum atomic E-state index is 5.37. The molecule has 0 aromatic carbocycles. The third kappa shape index (κ3) is 4.28. The van der Waals surface area contributed by atoms with Crippen molar-refractivity contribution < 1.29 is 4.74 Å². The summed E-state index contributed by atoms with van der Waals surface area (Å²) >= 11 is 1.74. The largest absolute Gasteiger partial charge is 0.380 e. The molecule has 0 radical (unpaired) electrons. The Morgan fingerprint density at radius 2 is 2.00 bits per heavy atom. The van der Waals surface area contributed by atoms with Gasteiger partial charge in [0.25, 0.3) is 0 Å². The molecular weight excluding hydrogens is 284 g/mol. The second-order valence-corrected chi connectivity index (χ2v) is 5.85. The van der Waals surface area contributed by atoms with Gasteiger partial charge >= 0.3 is 0 Å². The molecule has 0 aliphatic carbocycles. The van der Waals surface area contributed by atoms with Gasteiger partial charge in [-0.3, -0.25) is 0 Å². The van der Waals surface area contributed by atoms with E-state index in [0.29, 0.717) is 12.6 Å². The quantitative estimate of drug-likeness (QED) is 0.694. The Kier molecular flexibility index (Phi) is 6.20. The van der Waals surface area contributed by atoms with Crippen LogP contribution in [0, 0.1) is 0 Å². The third-order valence-corrected chi connectivity index (χ3v) is 4.24. The molecule has 0 unspecified atom stereocenters. The average molecular weight is 308 g/mol. The molecule has 2 aromatic heterocycles. The molecule has 116 valence electrons. The first kappa shape index (κ1) is 16.0. The van der Waals surface area contributed by atoms with E-state index in [1.54, 1.807) is 11.3 Å². The highest BCUT2D eigenvalue weighted by molar-refractivity contribution is 7.18. The van der Waals surface area contributed by atoms with E-state index in [1.165, 1.54) is 4.88 Å². The monoisotopic (exact) mass is 308 g/mol. The van der Waals surface area contributed by atoms with Crippen LogP contribution in [0.5, 0.6) is 0 Å². The van der Waals surface area contributed by atoms with Crippen molar-refractivity contribution in [1.29, 1.82) is 0 Å². The molecule has 2 heterocycles. The molecule has 0 fully saturated rings. The maximum absolute atomic E-state index is 5.37. The molecular formula is C15H24N4OS. The van der Waals surface area contributed by atoms with Crippen LogP contribution in [0.3, 0.4) is 0 Å². The summed E-state index contributed by atoms with van der Waals surface area (Å²) in [6.07, 6.45) is 2.08. The van der Waals surface area contributed by atoms with Crippen LogP contribution >= 0.6 is 11.3 Å². The number of aromatic nitrogens is 2. The van der Waals surface area contributed by atoms with Crippen LogP contribution < -0.4 is 10.6 Å². The molecule has 0 saturated heterocycles. The predicted octanol–water partition coefficient (Wildman–Crippen LogP) is 3.52. The highest BCUT2D eigenvalue weighted by Crippen LogP contribution is 2.30. The molecule has 0 amide bonds. The Balaban J connectivity index is 2.22. The Bertz CT molecular complexity index is 570. The summed E-state index contributed by atoms with van der Waals surface area (Å²) in [4.78, 5) is 11.6. The lowest BCUT2D eigenvalue weighted by molar-refractivity contribution is 0.158. The fourth-order valence-corrected chi connectivity index (χ4v) is 2.95. The Hall–Kier alpha value is -1.40. The first-order chi connectivity index (χ1) is 10.3. The molecule has 0 spiro atoms. The minimum Gasteiger partial charge on any atom is -0.380 e. The summed E-state index contributed by atoms with van der Waals surface area (Å²) in [5.74, 6) is 1.60. The van der Waals surface area contributed by atoms with Gasteiger partial charge in [-0.15, -0.1) is 11.3 Å². The molecule has 2 rings (SSSR count). The van der Waals surface area contributed by atoms with Crippen LogP contribution in [0.1, 0.15) is 32.1 Å². The number of nitrogens with one attached hydrogen (secondary N) is 2. The van der Waals surface area contributed by atoms with Crippen LogP contribution in [-0.4, -0.2) is 36.3 Å². The fourth-order valence-electron chi connectivity index (χ4n) is 1.98. The molecule has 6 heteroatoms. The van der Waals surface area contributed by atoms with Gasteiger partial charge in [-0.2, -0.15) is 4.98 Å². The van der Waals surface area contributed by atoms with Crippen LogP contribution in [0.4, 0.5) is 11.8 Å². The normalized spacial score (nSPS) is 11.0. The van der Waals surface area contributed by atoms with Gasteiger partial charge in [-0.1, -0.05) is 13.8 Å². The summed E-state index contributed by atoms with van der Waals surface area (Å²) < 4.78 is 5.37. The third-order valence-electron chi connectivity index (χ3n) is 3.07. The van der Waals surface area contributed by atoms with Gasteiger partial charge in [0.05, 0.1) is 12.0 Å². The van der Waals surface area contributed by atoms with E-state index in [-0.39, 0.29) is 0 Å². The van der Waals surface area contributed by atoms with Crippen molar-refractivity contribution in [2.45, 2.75) is 33.6 Å². The first-order valence-corrected chi connectivity index (χ1v) is 8.46. The summed E-state index contributed by atoms with van der Waals surface area (Å²) in [6.45, 7) is 9.36. The average Bonchev–Trinajstić information content (AvgIpc) is 2.92. The number of aryl methyl sites for hydroxylation is 1. The number of anilines is 2. The molecule has 2 aromatic rings. The van der Waals surface area contributed by atoms with Gasteiger partial charge in [0.2, 0.25) is 5.95 Å². The summed E-state index contributed by atoms with van der Waals surface area (Å²) in [6, 6.07) is 2.19. The van der Waals surface area contributed by atoms with Crippen LogP contribution in [0.25, 0.3) is 10.2 Å². The minimum atomic E-state index is 0.685. The summed E-state index contributed by atoms with van der Waals surface area (Å²) in [7, 11) is 0. The molecule has 2 N–H and O–H groups in total. The number of thiophene rings is 1. The number of hydrogen-bond acceptors (Lipinski definition) is 6. The zero-order chi connectivity index (χ0) is 15.1. The number of fused-ring (bicyclic) bond motifs is 1. The topological polar surface area (TPSA) is 59.1 Å². The lowest BCUT2D eigenvalue weighted by Crippen LogP contribution is -2.12. The van der Waals surface area contributed by atoms with E-state index in [2.05, 4.69) is 40.5 Å². The molecule has 0 bridgehead atoms. The smallest absolute Gasteiger partial charge is 0.226 e. The van der Waals surface area contributed by atoms with Gasteiger partial charge in [-0.05, 0) is 25.8 Å². The Morgan fingerprint density at radius 1 is 1.14 bits per heavy atom. The zero-order valence-electron chi connectivity index (χ0n) is 13.0. The highest BCUT2D eigenvalue weighted by atomic mass is 32.1. The van der Waals surface area contributed by atoms with Gasteiger partial charge in [0, 0.05) is 24.6 Å². The van der Waals surface area contributed by atoms with Crippen LogP contribution in [0.2, 0.25) is 0 Å². The predicted molar refractivity (Wildman–Crippen MR) is 90.6 cm³/mol. The fraction of sp³-hybridized carbons (Fsp3) is 0.600. The first-order valence-electron chi connectivity index (χ1n) is 7.64. The molecule has 5 nitrogen and oxygen atoms in total. The van der Waals surface area contributed by atoms with Crippen molar-refractivity contribution in [3.8, 4) is 0 Å². The standard InChI is InChI=1S/C15H24N4OS/c1-4-7-17-15-18-13(16-8-9-20-6-3)12-10-11(5-2)21-14(12)19-15/h10H,4-9H2,1-3H3,(H2,16,17,18,19). The second kappa shape index (κ2) is 8.14. The van der Waals surface area contributed by atoms with Crippen molar-refractivity contribution in [3.05, 3.63) is 10.9 Å². The van der Waals surface area contributed by atoms with Crippen LogP contribution in [-0.2, 0) is 11.2 Å². The molecule has 21 heavy (non-hydrogen) atoms. The van der Waals surface area contributed by atoms with E-state index in [1.807, 2.05) is 6.92 Å². The van der Waals surface area contributed by atoms with Crippen molar-refractivity contribution in [3.63, 3.8) is 0 Å². The second-order valence-electron chi connectivity index (χ2n) is 4.73. The number of hydrogen-bond donors (Lipinski definition) is 2. The SMILES string of the molecule is CCCNc1nc(NCCOCC)c2cc(CC)sc2n1. The lowest BCUT2D eigenvalue weighted by atomic mass is 10.3. The van der Waals surface area contributed by atoms with E-state index in [4.69, 9.17) is 4.74 Å². The van der Waals surface area contributed by atoms with Crippen molar-refractivity contribution >= 4 is 33.3 Å². The van der Waals surface area contributed by atoms with Gasteiger partial charge in [0.1, 0.15) is 10.6 Å². The minimum absolute atomic E-state index is 0.685. The summed E-state index contributed by atoms with van der Waals surface area (Å²) in [5.41, 5.74) is 0. The number of nitrogens with zero attached hydrogens (tertiary/aromatic N) is 2. The number of rotatable bonds is 9. The Morgan fingerprint density at radius 3 is 2.71 bits per heavy atom. The van der Waals surface area contributed by atoms with E-state index >= 15 is 0 Å². The summed E-state index contributed by atoms with van der Waals surface area (Å²) in [5, 5.41) is 7.74. The van der Waals surface area contributed by atoms with Crippen molar-refractivity contribution in [2.75, 3.05) is 36.9 Å². The number of ether oxygens (including phenoxy) is 1. The van der Waals surface area contributed by atoms with E-state index in [0.717, 1.165) is 48.6 Å². The highest BCUT2D eigenvalue weighted by Gasteiger charge is 2.11. The molecule has 0 aliphatic heterocycles. The molecule has 0 aliphatic rings. The van der Waals surface area contributed by atoms with Gasteiger partial charge in [0.15, 0.2) is 0 Å². The molecule has 0 saturated carbocycles. The van der Waals surface area contributed by atoms with E-state index < -0.39 is 0 Å². The molecule has 0 atom stereocenters. The lowest BCUT2D eigenvalue weighted by Gasteiger charge is -2.09.